The van der Waals surface area contributed by atoms with Crippen molar-refractivity contribution in [3.8, 4) is 11.3 Å². The molecule has 4 aliphatic carbocycles. The highest BCUT2D eigenvalue weighted by Crippen LogP contribution is 2.64. The third kappa shape index (κ3) is 3.38. The van der Waals surface area contributed by atoms with E-state index in [1.54, 1.807) is 11.8 Å². The van der Waals surface area contributed by atoms with E-state index in [0.717, 1.165) is 49.4 Å². The van der Waals surface area contributed by atoms with Gasteiger partial charge in [-0.05, 0) is 111 Å². The molecule has 4 saturated carbocycles. The number of Topliss-reactive ketones (excluding diaryl/α,β-unsaturated/α-hetero) is 1. The Balaban J connectivity index is 1.50. The van der Waals surface area contributed by atoms with Crippen LogP contribution in [0.5, 0.6) is 0 Å². The second-order valence-electron chi connectivity index (χ2n) is 10.0. The van der Waals surface area contributed by atoms with E-state index in [1.807, 2.05) is 6.26 Å². The number of thioether (sulfide) groups is 1. The van der Waals surface area contributed by atoms with Crippen molar-refractivity contribution in [2.45, 2.75) is 70.3 Å². The third-order valence-electron chi connectivity index (χ3n) is 8.97. The first kappa shape index (κ1) is 20.1. The van der Waals surface area contributed by atoms with Crippen LogP contribution in [0.4, 0.5) is 0 Å². The van der Waals surface area contributed by atoms with Crippen molar-refractivity contribution in [2.24, 2.45) is 40.9 Å². The molecule has 4 fully saturated rings. The smallest absolute Gasteiger partial charge is 0.146 e. The van der Waals surface area contributed by atoms with Crippen LogP contribution in [0.2, 0.25) is 0 Å². The van der Waals surface area contributed by atoms with Crippen molar-refractivity contribution in [3.05, 3.63) is 0 Å². The maximum Gasteiger partial charge on any atom is 0.146 e. The minimum absolute atomic E-state index is 0.236. The topological polar surface area (TPSA) is 37.3 Å². The summed E-state index contributed by atoms with van der Waals surface area (Å²) in [5.41, 5.74) is -0.623. The van der Waals surface area contributed by atoms with Crippen LogP contribution in [-0.2, 0) is 4.79 Å². The summed E-state index contributed by atoms with van der Waals surface area (Å²) >= 11 is 7.28. The number of ketones is 1. The van der Waals surface area contributed by atoms with E-state index in [9.17, 15) is 9.90 Å². The van der Waals surface area contributed by atoms with Gasteiger partial charge in [-0.15, -0.1) is 0 Å². The van der Waals surface area contributed by atoms with Crippen LogP contribution in [0.15, 0.2) is 0 Å². The fourth-order valence-electron chi connectivity index (χ4n) is 7.85. The Bertz CT molecular complexity index is 654. The van der Waals surface area contributed by atoms with Crippen LogP contribution in [0.25, 0.3) is 0 Å². The molecule has 8 atom stereocenters. The number of carbonyl (C=O) groups excluding carboxylic acids is 1. The molecule has 0 aromatic heterocycles. The summed E-state index contributed by atoms with van der Waals surface area (Å²) < 4.78 is 0. The molecule has 4 rings (SSSR count). The Hall–Kier alpha value is -0.170. The first-order chi connectivity index (χ1) is 12.9. The lowest BCUT2D eigenvalue weighted by molar-refractivity contribution is -0.129. The Kier molecular flexibility index (Phi) is 5.65. The summed E-state index contributed by atoms with van der Waals surface area (Å²) in [4.78, 5) is 12.8. The lowest BCUT2D eigenvalue weighted by Crippen LogP contribution is -2.51. The molecule has 0 radical (unpaired) electrons. The first-order valence-electron chi connectivity index (χ1n) is 10.8. The fourth-order valence-corrected chi connectivity index (χ4v) is 8.51. The molecule has 0 spiro atoms. The Morgan fingerprint density at radius 2 is 1.89 bits per heavy atom. The molecule has 150 valence electrons. The van der Waals surface area contributed by atoms with Crippen LogP contribution < -0.4 is 0 Å². The van der Waals surface area contributed by atoms with Gasteiger partial charge in [-0.25, -0.2) is 0 Å². The Morgan fingerprint density at radius 1 is 1.11 bits per heavy atom. The van der Waals surface area contributed by atoms with Gasteiger partial charge in [0.05, 0.1) is 5.75 Å². The van der Waals surface area contributed by atoms with Crippen molar-refractivity contribution < 1.29 is 9.90 Å². The summed E-state index contributed by atoms with van der Waals surface area (Å²) in [6.07, 6.45) is 12.1. The molecule has 27 heavy (non-hydrogen) atoms. The predicted octanol–water partition coefficient (Wildman–Crippen LogP) is 5.12. The number of fused-ring (bicyclic) bond motifs is 5. The van der Waals surface area contributed by atoms with E-state index in [-0.39, 0.29) is 5.41 Å². The molecule has 2 nitrogen and oxygen atoms in total. The second kappa shape index (κ2) is 7.58. The Morgan fingerprint density at radius 3 is 2.63 bits per heavy atom. The largest absolute Gasteiger partial charge is 0.378 e. The van der Waals surface area contributed by atoms with Gasteiger partial charge in [-0.3, -0.25) is 4.79 Å². The van der Waals surface area contributed by atoms with E-state index >= 15 is 0 Å². The molecule has 0 heterocycles. The second-order valence-corrected chi connectivity index (χ2v) is 11.1. The van der Waals surface area contributed by atoms with Gasteiger partial charge in [-0.2, -0.15) is 11.8 Å². The van der Waals surface area contributed by atoms with Gasteiger partial charge in [0.25, 0.3) is 0 Å². The monoisotopic (exact) mass is 408 g/mol. The molecule has 1 N–H and O–H groups in total. The highest BCUT2D eigenvalue weighted by molar-refractivity contribution is 7.99. The zero-order valence-electron chi connectivity index (χ0n) is 16.7. The molecular weight excluding hydrogens is 376 g/mol. The zero-order valence-corrected chi connectivity index (χ0v) is 18.2. The average Bonchev–Trinajstić information content (AvgIpc) is 2.98. The molecule has 0 amide bonds. The SMILES string of the molecule is CSCC(=O)[C@H]1CC[C@H]2[C@@H]3CC[C@H]4C[C@](O)(C#CCl)CC[C@@H]4[C@H]3CC[C@]12C. The number of hydrogen-bond acceptors (Lipinski definition) is 3. The molecule has 0 bridgehead atoms. The van der Waals surface area contributed by atoms with Crippen molar-refractivity contribution in [1.82, 2.24) is 0 Å². The minimum Gasteiger partial charge on any atom is -0.378 e. The highest BCUT2D eigenvalue weighted by atomic mass is 35.5. The van der Waals surface area contributed by atoms with Crippen LogP contribution in [-0.4, -0.2) is 28.5 Å². The molecule has 0 aliphatic heterocycles. The van der Waals surface area contributed by atoms with E-state index in [4.69, 9.17) is 11.6 Å². The molecule has 0 aromatic rings. The number of carbonyl (C=O) groups is 1. The maximum atomic E-state index is 12.8. The highest BCUT2D eigenvalue weighted by Gasteiger charge is 2.58. The number of halogens is 1. The lowest BCUT2D eigenvalue weighted by atomic mass is 9.49. The average molecular weight is 409 g/mol. The molecule has 4 heteroatoms. The molecule has 0 aromatic carbocycles. The van der Waals surface area contributed by atoms with Gasteiger partial charge in [-0.1, -0.05) is 12.8 Å². The van der Waals surface area contributed by atoms with Gasteiger partial charge < -0.3 is 5.11 Å². The molecular formula is C23H33ClO2S. The van der Waals surface area contributed by atoms with E-state index in [2.05, 4.69) is 18.2 Å². The predicted molar refractivity (Wildman–Crippen MR) is 113 cm³/mol. The standard InChI is InChI=1S/C23H33ClO2S/c1-22-9-7-17-16-8-10-23(26,11-12-24)13-15(16)3-4-18(17)19(22)5-6-20(22)21(25)14-27-2/h15-20,26H,3-10,13-14H2,1-2H3/t15-,16-,17+,18+,19-,20+,22-,23+/m0/s1. The zero-order chi connectivity index (χ0) is 19.2. The summed E-state index contributed by atoms with van der Waals surface area (Å²) in [5.74, 6) is 8.02. The quantitative estimate of drug-likeness (QED) is 0.658. The van der Waals surface area contributed by atoms with E-state index in [0.29, 0.717) is 23.4 Å². The number of aliphatic hydroxyl groups is 1. The van der Waals surface area contributed by atoms with Gasteiger partial charge in [0.1, 0.15) is 11.4 Å². The van der Waals surface area contributed by atoms with Gasteiger partial charge >= 0.3 is 0 Å². The molecule has 4 aliphatic rings. The van der Waals surface area contributed by atoms with E-state index in [1.165, 1.54) is 32.1 Å². The molecule has 0 saturated heterocycles. The van der Waals surface area contributed by atoms with Crippen molar-refractivity contribution in [3.63, 3.8) is 0 Å². The minimum atomic E-state index is -0.859. The normalized spacial score (nSPS) is 48.6. The van der Waals surface area contributed by atoms with Crippen LogP contribution in [0, 0.1) is 52.2 Å². The summed E-state index contributed by atoms with van der Waals surface area (Å²) in [5, 5.41) is 13.2. The maximum absolute atomic E-state index is 12.8. The van der Waals surface area contributed by atoms with Crippen LogP contribution in [0.1, 0.15) is 64.7 Å². The summed E-state index contributed by atoms with van der Waals surface area (Å²) in [7, 11) is 0. The third-order valence-corrected chi connectivity index (χ3v) is 9.63. The van der Waals surface area contributed by atoms with Crippen LogP contribution >= 0.6 is 23.4 Å². The van der Waals surface area contributed by atoms with Crippen molar-refractivity contribution in [2.75, 3.05) is 12.0 Å². The van der Waals surface area contributed by atoms with Crippen molar-refractivity contribution in [1.29, 1.82) is 0 Å². The van der Waals surface area contributed by atoms with E-state index < -0.39 is 5.60 Å². The van der Waals surface area contributed by atoms with Gasteiger partial charge in [0.2, 0.25) is 0 Å². The van der Waals surface area contributed by atoms with Gasteiger partial charge in [0.15, 0.2) is 0 Å². The lowest BCUT2D eigenvalue weighted by Gasteiger charge is -2.56. The first-order valence-corrected chi connectivity index (χ1v) is 12.6. The summed E-state index contributed by atoms with van der Waals surface area (Å²) in [6.45, 7) is 2.44. The van der Waals surface area contributed by atoms with Crippen LogP contribution in [0.3, 0.4) is 0 Å². The number of hydrogen-bond donors (Lipinski definition) is 1. The van der Waals surface area contributed by atoms with Crippen molar-refractivity contribution >= 4 is 29.1 Å². The fraction of sp³-hybridized carbons (Fsp3) is 0.870. The number of rotatable bonds is 3. The molecule has 0 unspecified atom stereocenters. The summed E-state index contributed by atoms with van der Waals surface area (Å²) in [6, 6.07) is 0. The van der Waals surface area contributed by atoms with Gasteiger partial charge in [0, 0.05) is 11.3 Å². The Labute approximate surface area is 173 Å².